The number of anilines is 1. The van der Waals surface area contributed by atoms with Gasteiger partial charge in [-0.3, -0.25) is 0 Å². The fourth-order valence-electron chi connectivity index (χ4n) is 6.54. The third kappa shape index (κ3) is 11.6. The maximum absolute atomic E-state index is 13.9. The minimum Gasteiger partial charge on any atom is -0.489 e. The number of nitrogens with one attached hydrogen (secondary N) is 2. The van der Waals surface area contributed by atoms with E-state index in [1.54, 1.807) is 6.07 Å². The molecule has 2 heterocycles. The van der Waals surface area contributed by atoms with E-state index >= 15 is 0 Å². The van der Waals surface area contributed by atoms with E-state index < -0.39 is 41.6 Å². The van der Waals surface area contributed by atoms with Crippen LogP contribution in [0.2, 0.25) is 0 Å². The number of rotatable bonds is 14. The molecule has 15 nitrogen and oxygen atoms in total. The summed E-state index contributed by atoms with van der Waals surface area (Å²) in [5, 5.41) is 18.8. The van der Waals surface area contributed by atoms with Crippen LogP contribution in [-0.2, 0) is 37.0 Å². The van der Waals surface area contributed by atoms with Gasteiger partial charge in [0.15, 0.2) is 17.2 Å². The number of carbonyl (C=O) groups excluding carboxylic acids is 2. The molecule has 0 saturated heterocycles. The number of benzene rings is 3. The van der Waals surface area contributed by atoms with Crippen LogP contribution in [0.4, 0.5) is 9.93 Å². The molecule has 0 unspecified atom stereocenters. The molecule has 1 fully saturated rings. The number of esters is 1. The maximum Gasteiger partial charge on any atom is 0.407 e. The van der Waals surface area contributed by atoms with Gasteiger partial charge in [0.05, 0.1) is 28.9 Å². The Bertz CT molecular complexity index is 2060. The normalized spacial score (nSPS) is 17.6. The Kier molecular flexibility index (Phi) is 14.1. The third-order valence-corrected chi connectivity index (χ3v) is 11.0. The number of hydrogen-bond donors (Lipinski definition) is 4. The number of aliphatic imine (C=N–C) groups is 1. The summed E-state index contributed by atoms with van der Waals surface area (Å²) in [5.41, 5.74) is 9.03. The molecule has 58 heavy (non-hydrogen) atoms. The Balaban J connectivity index is 1.13. The fourth-order valence-corrected chi connectivity index (χ4v) is 7.63. The largest absolute Gasteiger partial charge is 0.489 e. The molecular weight excluding hydrogens is 877 g/mol. The highest BCUT2D eigenvalue weighted by Gasteiger charge is 2.31. The number of carbonyl (C=O) groups is 3. The number of alkyl carbamates (subject to hydrolysis) is 1. The molecule has 6 rings (SSSR count). The first-order chi connectivity index (χ1) is 27.8. The molecule has 17 heteroatoms. The van der Waals surface area contributed by atoms with Crippen molar-refractivity contribution in [2.24, 2.45) is 15.9 Å². The van der Waals surface area contributed by atoms with Crippen molar-refractivity contribution in [3.05, 3.63) is 112 Å². The van der Waals surface area contributed by atoms with E-state index in [1.807, 2.05) is 121 Å². The smallest absolute Gasteiger partial charge is 0.407 e. The lowest BCUT2D eigenvalue weighted by Crippen LogP contribution is -2.42. The minimum absolute atomic E-state index is 0.0354. The van der Waals surface area contributed by atoms with E-state index in [0.717, 1.165) is 47.9 Å². The van der Waals surface area contributed by atoms with Crippen molar-refractivity contribution >= 4 is 69.0 Å². The fraction of sp³-hybridized carbons (Fsp3) is 0.366. The highest BCUT2D eigenvalue weighted by molar-refractivity contribution is 14.1. The van der Waals surface area contributed by atoms with Crippen LogP contribution in [0.25, 0.3) is 0 Å². The molecule has 3 aromatic carbocycles. The van der Waals surface area contributed by atoms with Crippen LogP contribution in [0.3, 0.4) is 0 Å². The number of aromatic nitrogens is 1. The van der Waals surface area contributed by atoms with Crippen molar-refractivity contribution in [2.75, 3.05) is 10.1 Å². The molecule has 4 aromatic rings. The van der Waals surface area contributed by atoms with Crippen molar-refractivity contribution in [3.63, 3.8) is 0 Å². The van der Waals surface area contributed by atoms with Crippen molar-refractivity contribution in [3.8, 4) is 5.75 Å². The van der Waals surface area contributed by atoms with E-state index in [2.05, 4.69) is 19.0 Å². The van der Waals surface area contributed by atoms with Gasteiger partial charge >= 0.3 is 18.0 Å². The first kappa shape index (κ1) is 42.2. The highest BCUT2D eigenvalue weighted by atomic mass is 127. The summed E-state index contributed by atoms with van der Waals surface area (Å²) in [4.78, 5) is 55.1. The summed E-state index contributed by atoms with van der Waals surface area (Å²) in [6.45, 7) is 6.24. The lowest BCUT2D eigenvalue weighted by molar-refractivity contribution is -0.163. The Hall–Kier alpha value is -5.43. The summed E-state index contributed by atoms with van der Waals surface area (Å²) in [6, 6.07) is 24.2. The molecule has 2 aliphatic rings. The highest BCUT2D eigenvalue weighted by Crippen LogP contribution is 2.30. The zero-order valence-electron chi connectivity index (χ0n) is 32.3. The third-order valence-electron chi connectivity index (χ3n) is 9.36. The van der Waals surface area contributed by atoms with Gasteiger partial charge in [0.25, 0.3) is 6.10 Å². The molecule has 1 aromatic heterocycles. The van der Waals surface area contributed by atoms with Crippen molar-refractivity contribution < 1.29 is 38.5 Å². The van der Waals surface area contributed by atoms with Crippen LogP contribution >= 0.6 is 34.2 Å². The quantitative estimate of drug-likeness (QED) is 0.0254. The second-order valence-corrected chi connectivity index (χ2v) is 16.2. The van der Waals surface area contributed by atoms with Crippen LogP contribution < -0.4 is 19.3 Å². The lowest BCUT2D eigenvalue weighted by atomic mass is 9.91. The average molecular weight is 924 g/mol. The molecule has 1 aliphatic carbocycles. The Morgan fingerprint density at radius 2 is 1.64 bits per heavy atom. The predicted molar refractivity (Wildman–Crippen MR) is 228 cm³/mol. The molecule has 1 atom stereocenters. The number of carboxylic acid groups (broad SMARTS) is 1. The second kappa shape index (κ2) is 19.3. The summed E-state index contributed by atoms with van der Waals surface area (Å²) < 4.78 is 20.4. The zero-order valence-corrected chi connectivity index (χ0v) is 35.3. The number of halogens is 1. The number of ether oxygens (including phenoxy) is 3. The topological polar surface area (TPSA) is 199 Å². The van der Waals surface area contributed by atoms with E-state index in [0.29, 0.717) is 29.9 Å². The number of carboxylic acids is 1. The lowest BCUT2D eigenvalue weighted by Gasteiger charge is -2.29. The molecule has 1 saturated carbocycles. The van der Waals surface area contributed by atoms with E-state index in [-0.39, 0.29) is 24.4 Å². The van der Waals surface area contributed by atoms with E-state index in [4.69, 9.17) is 29.8 Å². The monoisotopic (exact) mass is 923 g/mol. The van der Waals surface area contributed by atoms with Gasteiger partial charge < -0.3 is 43.6 Å². The first-order valence-corrected chi connectivity index (χ1v) is 20.7. The molecule has 1 amide bonds. The van der Waals surface area contributed by atoms with Gasteiger partial charge in [0.1, 0.15) is 23.7 Å². The number of oxime groups is 1. The zero-order chi connectivity index (χ0) is 41.2. The summed E-state index contributed by atoms with van der Waals surface area (Å²) in [6.07, 6.45) is 0.487. The number of hydrogen-bond acceptors (Lipinski definition) is 12. The van der Waals surface area contributed by atoms with Crippen molar-refractivity contribution in [1.29, 1.82) is 0 Å². The maximum atomic E-state index is 13.9. The molecular formula is C41H46IN7O8S. The Morgan fingerprint density at radius 1 is 0.983 bits per heavy atom. The van der Waals surface area contributed by atoms with Crippen LogP contribution in [0.15, 0.2) is 94.4 Å². The average Bonchev–Trinajstić information content (AvgIpc) is 3.86. The molecule has 0 spiro atoms. The number of guanidine groups is 1. The van der Waals surface area contributed by atoms with Gasteiger partial charge in [0.2, 0.25) is 5.71 Å². The predicted octanol–water partition coefficient (Wildman–Crippen LogP) is 6.96. The summed E-state index contributed by atoms with van der Waals surface area (Å²) in [5.74, 6) is -1.31. The first-order valence-electron chi connectivity index (χ1n) is 18.8. The Labute approximate surface area is 354 Å². The Morgan fingerprint density at radius 3 is 2.24 bits per heavy atom. The van der Waals surface area contributed by atoms with Crippen LogP contribution in [0.1, 0.15) is 80.5 Å². The number of nitrogens with two attached hydrogens (primary N) is 1. The molecule has 0 bridgehead atoms. The van der Waals surface area contributed by atoms with Crippen molar-refractivity contribution in [1.82, 2.24) is 15.2 Å². The number of fused-ring (bicyclic) bond motifs is 1. The number of aliphatic carboxylic acids is 1. The van der Waals surface area contributed by atoms with Gasteiger partial charge in [0, 0.05) is 24.5 Å². The van der Waals surface area contributed by atoms with Crippen LogP contribution in [-0.4, -0.2) is 75.1 Å². The van der Waals surface area contributed by atoms with Gasteiger partial charge in [-0.1, -0.05) is 71.9 Å². The van der Waals surface area contributed by atoms with Gasteiger partial charge in [-0.25, -0.2) is 24.4 Å². The van der Waals surface area contributed by atoms with Crippen LogP contribution in [0.5, 0.6) is 5.75 Å². The molecule has 5 N–H and O–H groups in total. The van der Waals surface area contributed by atoms with Crippen LogP contribution in [0, 0.1) is 0 Å². The van der Waals surface area contributed by atoms with E-state index in [1.165, 1.54) is 16.7 Å². The molecule has 1 aliphatic heterocycles. The standard InChI is InChI=1S/C41H46IN7O8S/c1-41(2,3)56-40(53)45-30-17-15-29(16-18-30)44-38(43)49-21-27-14-19-31(20-28(27)22-49)54-23-33(57-48-34(36(50)51)32-24-58-39(46-32)47-42)37(52)55-35(25-10-6-4-7-11-25)26-12-8-5-9-13-26/h4-14,19-20,24,29-30,33,35H,15-18,21-23H2,1-3H3,(H2,43,44)(H,45,53)(H,46,47)(H,50,51)/b48-34-/t29?,30?,33-/m0/s1. The van der Waals surface area contributed by atoms with Crippen molar-refractivity contribution in [2.45, 2.75) is 89.4 Å². The summed E-state index contributed by atoms with van der Waals surface area (Å²) in [7, 11) is 0. The number of nitrogens with zero attached hydrogens (tertiary/aromatic N) is 4. The molecule has 0 radical (unpaired) electrons. The van der Waals surface area contributed by atoms with Gasteiger partial charge in [-0.2, -0.15) is 0 Å². The van der Waals surface area contributed by atoms with Gasteiger partial charge in [-0.15, -0.1) is 11.3 Å². The SMILES string of the molecule is CC(C)(C)OC(=O)NC1CCC(N=C(N)N2Cc3ccc(OC[C@H](O/N=C(\C(=O)O)c4csc(NI)n4)C(=O)OC(c4ccccc4)c4ccccc4)cc3C2)CC1. The summed E-state index contributed by atoms with van der Waals surface area (Å²) >= 11 is 3.08. The number of thiazole rings is 1. The second-order valence-electron chi connectivity index (χ2n) is 14.8. The number of amides is 1. The molecule has 306 valence electrons. The van der Waals surface area contributed by atoms with E-state index in [9.17, 15) is 19.5 Å². The van der Waals surface area contributed by atoms with Gasteiger partial charge in [-0.05, 0) is 80.8 Å². The minimum atomic E-state index is -1.47.